The second-order valence-corrected chi connectivity index (χ2v) is 6.42. The molecule has 1 aliphatic carbocycles. The van der Waals surface area contributed by atoms with Crippen molar-refractivity contribution >= 4 is 17.8 Å². The molecule has 0 bridgehead atoms. The standard InChI is InChI=1S/C17H21N3O4/c1-10(14(21)18-12-7-8-12)20-15(22)17(2,19-16(20)23)11-5-4-6-13(9-11)24-3/h4-6,9-10,12H,7-8H2,1-3H3,(H,18,21)(H,19,23)/t10-,17-/m0/s1. The van der Waals surface area contributed by atoms with Gasteiger partial charge in [-0.2, -0.15) is 0 Å². The Balaban J connectivity index is 1.85. The number of methoxy groups -OCH3 is 1. The number of benzene rings is 1. The molecule has 3 rings (SSSR count). The fraction of sp³-hybridized carbons (Fsp3) is 0.471. The number of carbonyl (C=O) groups excluding carboxylic acids is 3. The lowest BCUT2D eigenvalue weighted by atomic mass is 9.91. The molecule has 1 aromatic rings. The molecule has 24 heavy (non-hydrogen) atoms. The predicted molar refractivity (Wildman–Crippen MR) is 86.4 cm³/mol. The summed E-state index contributed by atoms with van der Waals surface area (Å²) < 4.78 is 5.18. The first-order valence-electron chi connectivity index (χ1n) is 7.97. The van der Waals surface area contributed by atoms with Crippen molar-refractivity contribution in [2.24, 2.45) is 0 Å². The van der Waals surface area contributed by atoms with Crippen molar-refractivity contribution < 1.29 is 19.1 Å². The zero-order valence-corrected chi connectivity index (χ0v) is 14.0. The number of rotatable bonds is 5. The average Bonchev–Trinajstić information content (AvgIpc) is 3.34. The minimum atomic E-state index is -1.22. The summed E-state index contributed by atoms with van der Waals surface area (Å²) in [7, 11) is 1.53. The Labute approximate surface area is 140 Å². The molecule has 7 heteroatoms. The van der Waals surface area contributed by atoms with Crippen molar-refractivity contribution in [3.8, 4) is 5.75 Å². The largest absolute Gasteiger partial charge is 0.497 e. The van der Waals surface area contributed by atoms with Gasteiger partial charge in [0.05, 0.1) is 7.11 Å². The molecule has 128 valence electrons. The number of nitrogens with one attached hydrogen (secondary N) is 2. The summed E-state index contributed by atoms with van der Waals surface area (Å²) in [6.07, 6.45) is 1.89. The Morgan fingerprint density at radius 3 is 2.75 bits per heavy atom. The van der Waals surface area contributed by atoms with Gasteiger partial charge in [0.15, 0.2) is 0 Å². The summed E-state index contributed by atoms with van der Waals surface area (Å²) in [4.78, 5) is 38.5. The lowest BCUT2D eigenvalue weighted by molar-refractivity contribution is -0.137. The van der Waals surface area contributed by atoms with Gasteiger partial charge in [-0.15, -0.1) is 0 Å². The first kappa shape index (κ1) is 16.3. The van der Waals surface area contributed by atoms with Crippen LogP contribution in [0.2, 0.25) is 0 Å². The third kappa shape index (κ3) is 2.70. The monoisotopic (exact) mass is 331 g/mol. The van der Waals surface area contributed by atoms with Gasteiger partial charge >= 0.3 is 6.03 Å². The van der Waals surface area contributed by atoms with Crippen molar-refractivity contribution in [2.45, 2.75) is 44.3 Å². The van der Waals surface area contributed by atoms with Crippen LogP contribution in [0.5, 0.6) is 5.75 Å². The molecule has 0 unspecified atom stereocenters. The average molecular weight is 331 g/mol. The first-order valence-corrected chi connectivity index (χ1v) is 7.97. The highest BCUT2D eigenvalue weighted by Crippen LogP contribution is 2.32. The zero-order valence-electron chi connectivity index (χ0n) is 14.0. The van der Waals surface area contributed by atoms with Crippen molar-refractivity contribution in [3.63, 3.8) is 0 Å². The van der Waals surface area contributed by atoms with Gasteiger partial charge in [0.25, 0.3) is 5.91 Å². The summed E-state index contributed by atoms with van der Waals surface area (Å²) >= 11 is 0. The molecule has 1 saturated carbocycles. The van der Waals surface area contributed by atoms with Gasteiger partial charge in [-0.1, -0.05) is 12.1 Å². The van der Waals surface area contributed by atoms with E-state index in [0.717, 1.165) is 17.7 Å². The molecular weight excluding hydrogens is 310 g/mol. The highest BCUT2D eigenvalue weighted by atomic mass is 16.5. The Morgan fingerprint density at radius 1 is 1.42 bits per heavy atom. The van der Waals surface area contributed by atoms with Crippen LogP contribution in [0.15, 0.2) is 24.3 Å². The number of carbonyl (C=O) groups is 3. The summed E-state index contributed by atoms with van der Waals surface area (Å²) in [6, 6.07) is 5.72. The number of hydrogen-bond acceptors (Lipinski definition) is 4. The Hall–Kier alpha value is -2.57. The molecule has 1 saturated heterocycles. The Kier molecular flexibility index (Phi) is 3.95. The van der Waals surface area contributed by atoms with E-state index >= 15 is 0 Å². The van der Waals surface area contributed by atoms with Gasteiger partial charge in [-0.05, 0) is 44.4 Å². The fourth-order valence-corrected chi connectivity index (χ4v) is 2.81. The lowest BCUT2D eigenvalue weighted by Gasteiger charge is -2.24. The van der Waals surface area contributed by atoms with Crippen LogP contribution in [0, 0.1) is 0 Å². The smallest absolute Gasteiger partial charge is 0.326 e. The van der Waals surface area contributed by atoms with Crippen LogP contribution in [0.3, 0.4) is 0 Å². The predicted octanol–water partition coefficient (Wildman–Crippen LogP) is 1.13. The number of hydrogen-bond donors (Lipinski definition) is 2. The SMILES string of the molecule is COc1cccc([C@]2(C)NC(=O)N([C@@H](C)C(=O)NC3CC3)C2=O)c1. The van der Waals surface area contributed by atoms with Gasteiger partial charge in [0.1, 0.15) is 17.3 Å². The summed E-state index contributed by atoms with van der Waals surface area (Å²) in [5.74, 6) is -0.163. The van der Waals surface area contributed by atoms with Gasteiger partial charge in [-0.3, -0.25) is 9.59 Å². The number of urea groups is 1. The maximum absolute atomic E-state index is 12.9. The first-order chi connectivity index (χ1) is 11.4. The van der Waals surface area contributed by atoms with Crippen LogP contribution in [0.1, 0.15) is 32.3 Å². The summed E-state index contributed by atoms with van der Waals surface area (Å²) in [6.45, 7) is 3.19. The Bertz CT molecular complexity index is 701. The number of nitrogens with zero attached hydrogens (tertiary/aromatic N) is 1. The van der Waals surface area contributed by atoms with E-state index in [4.69, 9.17) is 4.74 Å². The molecular formula is C17H21N3O4. The summed E-state index contributed by atoms with van der Waals surface area (Å²) in [5.41, 5.74) is -0.614. The highest BCUT2D eigenvalue weighted by molar-refractivity contribution is 6.10. The van der Waals surface area contributed by atoms with Gasteiger partial charge in [0, 0.05) is 6.04 Å². The van der Waals surface area contributed by atoms with E-state index in [0.29, 0.717) is 11.3 Å². The molecule has 2 aliphatic rings. The zero-order chi connectivity index (χ0) is 17.5. The van der Waals surface area contributed by atoms with E-state index in [1.54, 1.807) is 38.1 Å². The van der Waals surface area contributed by atoms with Crippen LogP contribution in [0.25, 0.3) is 0 Å². The van der Waals surface area contributed by atoms with Crippen LogP contribution in [-0.2, 0) is 15.1 Å². The Morgan fingerprint density at radius 2 is 2.12 bits per heavy atom. The normalized spacial score (nSPS) is 24.5. The molecule has 2 atom stereocenters. The molecule has 2 fully saturated rings. The molecule has 0 spiro atoms. The van der Waals surface area contributed by atoms with Crippen LogP contribution in [0.4, 0.5) is 4.79 Å². The molecule has 0 aromatic heterocycles. The molecule has 1 aromatic carbocycles. The maximum Gasteiger partial charge on any atom is 0.326 e. The van der Waals surface area contributed by atoms with Crippen LogP contribution in [-0.4, -0.2) is 41.9 Å². The van der Waals surface area contributed by atoms with E-state index in [-0.39, 0.29) is 11.9 Å². The minimum Gasteiger partial charge on any atom is -0.497 e. The summed E-state index contributed by atoms with van der Waals surface area (Å²) in [5, 5.41) is 5.53. The molecule has 0 radical (unpaired) electrons. The highest BCUT2D eigenvalue weighted by Gasteiger charge is 2.52. The second-order valence-electron chi connectivity index (χ2n) is 6.42. The van der Waals surface area contributed by atoms with Crippen molar-refractivity contribution in [1.82, 2.24) is 15.5 Å². The maximum atomic E-state index is 12.9. The van der Waals surface area contributed by atoms with Gasteiger partial charge in [-0.25, -0.2) is 9.69 Å². The topological polar surface area (TPSA) is 87.7 Å². The number of amides is 4. The van der Waals surface area contributed by atoms with Crippen LogP contribution >= 0.6 is 0 Å². The lowest BCUT2D eigenvalue weighted by Crippen LogP contribution is -2.49. The van der Waals surface area contributed by atoms with E-state index in [9.17, 15) is 14.4 Å². The third-order valence-electron chi connectivity index (χ3n) is 4.56. The van der Waals surface area contributed by atoms with E-state index in [1.165, 1.54) is 7.11 Å². The molecule has 7 nitrogen and oxygen atoms in total. The van der Waals surface area contributed by atoms with E-state index in [1.807, 2.05) is 0 Å². The quantitative estimate of drug-likeness (QED) is 0.792. The number of ether oxygens (including phenoxy) is 1. The second kappa shape index (κ2) is 5.81. The van der Waals surface area contributed by atoms with Crippen molar-refractivity contribution in [1.29, 1.82) is 0 Å². The van der Waals surface area contributed by atoms with E-state index < -0.39 is 23.5 Å². The third-order valence-corrected chi connectivity index (χ3v) is 4.56. The molecule has 1 heterocycles. The van der Waals surface area contributed by atoms with Gasteiger partial charge in [0.2, 0.25) is 5.91 Å². The van der Waals surface area contributed by atoms with Gasteiger partial charge < -0.3 is 15.4 Å². The van der Waals surface area contributed by atoms with Crippen LogP contribution < -0.4 is 15.4 Å². The fourth-order valence-electron chi connectivity index (χ4n) is 2.81. The number of imide groups is 1. The minimum absolute atomic E-state index is 0.172. The molecule has 2 N–H and O–H groups in total. The van der Waals surface area contributed by atoms with Crippen molar-refractivity contribution in [2.75, 3.05) is 7.11 Å². The van der Waals surface area contributed by atoms with E-state index in [2.05, 4.69) is 10.6 Å². The molecule has 1 aliphatic heterocycles. The van der Waals surface area contributed by atoms with Crippen molar-refractivity contribution in [3.05, 3.63) is 29.8 Å². The molecule has 4 amide bonds.